The largest absolute Gasteiger partial charge is 0.492 e. The van der Waals surface area contributed by atoms with E-state index in [2.05, 4.69) is 43.5 Å². The molecule has 1 rings (SSSR count). The third-order valence-electron chi connectivity index (χ3n) is 3.89. The van der Waals surface area contributed by atoms with Crippen LogP contribution in [0.25, 0.3) is 0 Å². The van der Waals surface area contributed by atoms with Crippen molar-refractivity contribution < 1.29 is 14.3 Å². The summed E-state index contributed by atoms with van der Waals surface area (Å²) >= 11 is 0. The Morgan fingerprint density at radius 2 is 1.63 bits per heavy atom. The Kier molecular flexibility index (Phi) is 8.13. The number of hydrogen-bond donors (Lipinski definition) is 2. The Morgan fingerprint density at radius 3 is 2.11 bits per heavy atom. The average molecular weight is 378 g/mol. The van der Waals surface area contributed by atoms with Gasteiger partial charge in [0.2, 0.25) is 5.91 Å². The van der Waals surface area contributed by atoms with Gasteiger partial charge in [0.05, 0.1) is 6.54 Å². The van der Waals surface area contributed by atoms with Gasteiger partial charge in [0.15, 0.2) is 0 Å². The van der Waals surface area contributed by atoms with E-state index in [1.807, 2.05) is 39.8 Å². The van der Waals surface area contributed by atoms with Crippen LogP contribution in [-0.2, 0) is 10.2 Å². The lowest BCUT2D eigenvalue weighted by Crippen LogP contribution is -2.49. The highest BCUT2D eigenvalue weighted by Crippen LogP contribution is 2.24. The maximum Gasteiger partial charge on any atom is 0.317 e. The van der Waals surface area contributed by atoms with Gasteiger partial charge in [-0.1, -0.05) is 32.9 Å². The van der Waals surface area contributed by atoms with E-state index in [4.69, 9.17) is 4.74 Å². The first kappa shape index (κ1) is 22.8. The molecule has 6 nitrogen and oxygen atoms in total. The first-order valence-corrected chi connectivity index (χ1v) is 9.49. The van der Waals surface area contributed by atoms with Crippen LogP contribution < -0.4 is 15.4 Å². The van der Waals surface area contributed by atoms with Crippen LogP contribution in [0.2, 0.25) is 0 Å². The van der Waals surface area contributed by atoms with Gasteiger partial charge in [-0.2, -0.15) is 0 Å². The fourth-order valence-electron chi connectivity index (χ4n) is 2.45. The molecule has 1 aromatic rings. The second-order valence-corrected chi connectivity index (χ2v) is 8.67. The summed E-state index contributed by atoms with van der Waals surface area (Å²) in [4.78, 5) is 25.7. The predicted molar refractivity (Wildman–Crippen MR) is 109 cm³/mol. The summed E-state index contributed by atoms with van der Waals surface area (Å²) in [6.45, 7) is 15.3. The van der Waals surface area contributed by atoms with E-state index >= 15 is 0 Å². The molecule has 0 unspecified atom stereocenters. The van der Waals surface area contributed by atoms with E-state index in [9.17, 15) is 9.59 Å². The van der Waals surface area contributed by atoms with Crippen molar-refractivity contribution in [2.75, 3.05) is 26.2 Å². The van der Waals surface area contributed by atoms with Gasteiger partial charge in [0.25, 0.3) is 0 Å². The summed E-state index contributed by atoms with van der Waals surface area (Å²) in [5.74, 6) is 0.601. The summed E-state index contributed by atoms with van der Waals surface area (Å²) in [5, 5.41) is 5.65. The molecule has 0 atom stereocenters. The van der Waals surface area contributed by atoms with Gasteiger partial charge in [0, 0.05) is 12.1 Å². The number of benzene rings is 1. The molecule has 0 aliphatic rings. The molecule has 0 aliphatic carbocycles. The van der Waals surface area contributed by atoms with Crippen LogP contribution in [0.15, 0.2) is 24.3 Å². The molecule has 0 spiro atoms. The zero-order valence-electron chi connectivity index (χ0n) is 17.8. The van der Waals surface area contributed by atoms with Crippen molar-refractivity contribution in [3.05, 3.63) is 29.8 Å². The number of nitrogens with one attached hydrogen (secondary N) is 2. The zero-order chi connectivity index (χ0) is 20.7. The van der Waals surface area contributed by atoms with E-state index in [1.54, 1.807) is 0 Å². The van der Waals surface area contributed by atoms with E-state index in [-0.39, 0.29) is 29.4 Å². The van der Waals surface area contributed by atoms with Crippen molar-refractivity contribution >= 4 is 11.9 Å². The Morgan fingerprint density at radius 1 is 1.04 bits per heavy atom. The second kappa shape index (κ2) is 9.62. The number of urea groups is 1. The maximum absolute atomic E-state index is 12.2. The van der Waals surface area contributed by atoms with Gasteiger partial charge in [0.1, 0.15) is 18.9 Å². The molecule has 0 saturated carbocycles. The molecule has 0 bridgehead atoms. The predicted octanol–water partition coefficient (Wildman–Crippen LogP) is 3.31. The number of carbonyl (C=O) groups is 2. The minimum atomic E-state index is -0.316. The molecule has 0 heterocycles. The lowest BCUT2D eigenvalue weighted by atomic mass is 9.87. The van der Waals surface area contributed by atoms with Gasteiger partial charge in [-0.25, -0.2) is 4.79 Å². The molecular weight excluding hydrogens is 342 g/mol. The summed E-state index contributed by atoms with van der Waals surface area (Å²) < 4.78 is 5.67. The molecule has 0 fully saturated rings. The van der Waals surface area contributed by atoms with Crippen LogP contribution in [0.5, 0.6) is 5.75 Å². The van der Waals surface area contributed by atoms with Crippen LogP contribution in [-0.4, -0.2) is 48.6 Å². The van der Waals surface area contributed by atoms with Gasteiger partial charge in [-0.05, 0) is 50.8 Å². The fraction of sp³-hybridized carbons (Fsp3) is 0.619. The molecule has 0 aliphatic heterocycles. The molecule has 0 saturated heterocycles. The minimum absolute atomic E-state index is 0.0364. The summed E-state index contributed by atoms with van der Waals surface area (Å²) in [7, 11) is 0. The quantitative estimate of drug-likeness (QED) is 0.716. The molecule has 1 aromatic carbocycles. The fourth-order valence-corrected chi connectivity index (χ4v) is 2.45. The van der Waals surface area contributed by atoms with Crippen LogP contribution in [0, 0.1) is 0 Å². The lowest BCUT2D eigenvalue weighted by Gasteiger charge is -2.25. The Balaban J connectivity index is 2.39. The number of carbonyl (C=O) groups excluding carboxylic acids is 2. The molecule has 27 heavy (non-hydrogen) atoms. The lowest BCUT2D eigenvalue weighted by molar-refractivity contribution is -0.123. The van der Waals surface area contributed by atoms with E-state index in [0.717, 1.165) is 5.75 Å². The molecule has 6 heteroatoms. The highest BCUT2D eigenvalue weighted by Gasteiger charge is 2.19. The Labute approximate surface area is 163 Å². The van der Waals surface area contributed by atoms with Crippen molar-refractivity contribution in [2.45, 2.75) is 59.4 Å². The number of amides is 3. The van der Waals surface area contributed by atoms with Gasteiger partial charge in [-0.3, -0.25) is 4.79 Å². The third kappa shape index (κ3) is 8.80. The van der Waals surface area contributed by atoms with Crippen molar-refractivity contribution in [1.82, 2.24) is 15.5 Å². The van der Waals surface area contributed by atoms with E-state index in [0.29, 0.717) is 19.7 Å². The number of rotatable bonds is 7. The standard InChI is InChI=1S/C21H35N3O3/c1-8-24(15-18(25)23-21(5,6)7)19(26)22-13-14-27-17-11-9-16(10-12-17)20(2,3)4/h9-12H,8,13-15H2,1-7H3,(H,22,26)(H,23,25). The Hall–Kier alpha value is -2.24. The van der Waals surface area contributed by atoms with Crippen LogP contribution >= 0.6 is 0 Å². The van der Waals surface area contributed by atoms with Crippen molar-refractivity contribution in [3.8, 4) is 5.75 Å². The molecular formula is C21H35N3O3. The topological polar surface area (TPSA) is 70.7 Å². The van der Waals surface area contributed by atoms with Crippen LogP contribution in [0.1, 0.15) is 54.0 Å². The summed E-state index contributed by atoms with van der Waals surface area (Å²) in [5.41, 5.74) is 1.04. The van der Waals surface area contributed by atoms with Gasteiger partial charge < -0.3 is 20.3 Å². The summed E-state index contributed by atoms with van der Waals surface area (Å²) in [6.07, 6.45) is 0. The summed E-state index contributed by atoms with van der Waals surface area (Å²) in [6, 6.07) is 7.73. The zero-order valence-corrected chi connectivity index (χ0v) is 17.8. The maximum atomic E-state index is 12.2. The van der Waals surface area contributed by atoms with Gasteiger partial charge >= 0.3 is 6.03 Å². The van der Waals surface area contributed by atoms with E-state index < -0.39 is 0 Å². The monoisotopic (exact) mass is 377 g/mol. The number of nitrogens with zero attached hydrogens (tertiary/aromatic N) is 1. The molecule has 2 N–H and O–H groups in total. The number of ether oxygens (including phenoxy) is 1. The normalized spacial score (nSPS) is 11.7. The van der Waals surface area contributed by atoms with E-state index in [1.165, 1.54) is 10.5 Å². The second-order valence-electron chi connectivity index (χ2n) is 8.67. The Bertz CT molecular complexity index is 613. The molecule has 152 valence electrons. The third-order valence-corrected chi connectivity index (χ3v) is 3.89. The average Bonchev–Trinajstić information content (AvgIpc) is 2.54. The highest BCUT2D eigenvalue weighted by atomic mass is 16.5. The van der Waals surface area contributed by atoms with Crippen molar-refractivity contribution in [3.63, 3.8) is 0 Å². The molecule has 0 radical (unpaired) electrons. The first-order valence-electron chi connectivity index (χ1n) is 9.49. The van der Waals surface area contributed by atoms with Crippen molar-refractivity contribution in [2.24, 2.45) is 0 Å². The smallest absolute Gasteiger partial charge is 0.317 e. The van der Waals surface area contributed by atoms with Crippen LogP contribution in [0.3, 0.4) is 0 Å². The molecule has 3 amide bonds. The highest BCUT2D eigenvalue weighted by molar-refractivity contribution is 5.84. The number of likely N-dealkylation sites (N-methyl/N-ethyl adjacent to an activating group) is 1. The van der Waals surface area contributed by atoms with Gasteiger partial charge in [-0.15, -0.1) is 0 Å². The minimum Gasteiger partial charge on any atom is -0.492 e. The number of hydrogen-bond acceptors (Lipinski definition) is 3. The van der Waals surface area contributed by atoms with Crippen LogP contribution in [0.4, 0.5) is 4.79 Å². The molecule has 0 aromatic heterocycles. The van der Waals surface area contributed by atoms with Crippen molar-refractivity contribution in [1.29, 1.82) is 0 Å². The first-order chi connectivity index (χ1) is 12.4. The SMILES string of the molecule is CCN(CC(=O)NC(C)(C)C)C(=O)NCCOc1ccc(C(C)(C)C)cc1.